The molecule has 2 aromatic carbocycles. The Hall–Kier alpha value is -3.41. The second kappa shape index (κ2) is 7.91. The second-order valence-corrected chi connectivity index (χ2v) is 7.19. The normalized spacial score (nSPS) is 13.2. The van der Waals surface area contributed by atoms with Gasteiger partial charge >= 0.3 is 0 Å². The highest BCUT2D eigenvalue weighted by Gasteiger charge is 2.30. The third kappa shape index (κ3) is 4.37. The quantitative estimate of drug-likeness (QED) is 0.604. The summed E-state index contributed by atoms with van der Waals surface area (Å²) in [6.45, 7) is 1.79. The van der Waals surface area contributed by atoms with E-state index >= 15 is 0 Å². The van der Waals surface area contributed by atoms with Crippen LogP contribution in [-0.4, -0.2) is 23.8 Å². The minimum Gasteiger partial charge on any atom is -0.497 e. The number of ether oxygens (including phenoxy) is 1. The summed E-state index contributed by atoms with van der Waals surface area (Å²) in [6, 6.07) is 14.4. The number of amides is 1. The molecular formula is C23H22N2O4. The molecule has 1 heterocycles. The van der Waals surface area contributed by atoms with E-state index in [-0.39, 0.29) is 24.0 Å². The summed E-state index contributed by atoms with van der Waals surface area (Å²) in [5.74, 6) is 2.01. The van der Waals surface area contributed by atoms with Crippen molar-refractivity contribution >= 4 is 17.4 Å². The molecule has 0 aliphatic heterocycles. The molecule has 4 rings (SSSR count). The molecule has 29 heavy (non-hydrogen) atoms. The lowest BCUT2D eigenvalue weighted by Crippen LogP contribution is -2.15. The molecule has 0 spiro atoms. The Balaban J connectivity index is 1.40. The fraction of sp³-hybridized carbons (Fsp3) is 0.261. The van der Waals surface area contributed by atoms with Gasteiger partial charge in [0.05, 0.1) is 19.2 Å². The van der Waals surface area contributed by atoms with E-state index in [2.05, 4.69) is 10.3 Å². The molecule has 1 aliphatic carbocycles. The number of nitrogens with zero attached hydrogens (tertiary/aromatic N) is 1. The number of aromatic nitrogens is 1. The Morgan fingerprint density at radius 3 is 2.41 bits per heavy atom. The number of oxazole rings is 1. The molecule has 0 saturated heterocycles. The van der Waals surface area contributed by atoms with E-state index in [4.69, 9.17) is 9.15 Å². The molecule has 1 fully saturated rings. The van der Waals surface area contributed by atoms with Gasteiger partial charge in [-0.05, 0) is 68.3 Å². The highest BCUT2D eigenvalue weighted by molar-refractivity contribution is 6.00. The zero-order valence-corrected chi connectivity index (χ0v) is 16.4. The lowest BCUT2D eigenvalue weighted by atomic mass is 10.1. The molecule has 1 saturated carbocycles. The summed E-state index contributed by atoms with van der Waals surface area (Å²) in [4.78, 5) is 29.0. The summed E-state index contributed by atoms with van der Waals surface area (Å²) in [5.41, 5.74) is 2.76. The van der Waals surface area contributed by atoms with Crippen LogP contribution in [0, 0.1) is 12.8 Å². The smallest absolute Gasteiger partial charge is 0.230 e. The first-order valence-corrected chi connectivity index (χ1v) is 9.58. The Kier molecular flexibility index (Phi) is 5.16. The average molecular weight is 390 g/mol. The summed E-state index contributed by atoms with van der Waals surface area (Å²) >= 11 is 0. The van der Waals surface area contributed by atoms with Crippen LogP contribution in [0.3, 0.4) is 0 Å². The van der Waals surface area contributed by atoms with Gasteiger partial charge in [-0.15, -0.1) is 0 Å². The van der Waals surface area contributed by atoms with E-state index in [1.165, 1.54) is 0 Å². The van der Waals surface area contributed by atoms with Gasteiger partial charge in [0.15, 0.2) is 5.78 Å². The molecule has 1 aromatic heterocycles. The van der Waals surface area contributed by atoms with Crippen LogP contribution >= 0.6 is 0 Å². The molecule has 1 aliphatic rings. The van der Waals surface area contributed by atoms with Crippen molar-refractivity contribution in [2.24, 2.45) is 5.92 Å². The maximum atomic E-state index is 12.4. The number of carbonyl (C=O) groups excluding carboxylic acids is 2. The monoisotopic (exact) mass is 390 g/mol. The largest absolute Gasteiger partial charge is 0.497 e. The number of aryl methyl sites for hydroxylation is 1. The molecule has 0 unspecified atom stereocenters. The fourth-order valence-corrected chi connectivity index (χ4v) is 3.11. The molecule has 148 valence electrons. The van der Waals surface area contributed by atoms with Gasteiger partial charge in [0.25, 0.3) is 0 Å². The van der Waals surface area contributed by atoms with E-state index in [1.54, 1.807) is 38.3 Å². The summed E-state index contributed by atoms with van der Waals surface area (Å²) < 4.78 is 10.9. The number of methoxy groups -OCH3 is 1. The highest BCUT2D eigenvalue weighted by atomic mass is 16.5. The number of anilines is 1. The molecule has 1 N–H and O–H groups in total. The maximum Gasteiger partial charge on any atom is 0.230 e. The predicted octanol–water partition coefficient (Wildman–Crippen LogP) is 4.43. The van der Waals surface area contributed by atoms with Crippen LogP contribution in [0.2, 0.25) is 0 Å². The van der Waals surface area contributed by atoms with Crippen molar-refractivity contribution in [3.8, 4) is 17.2 Å². The number of benzene rings is 2. The molecule has 0 atom stereocenters. The van der Waals surface area contributed by atoms with Gasteiger partial charge in [0.1, 0.15) is 11.5 Å². The van der Waals surface area contributed by atoms with Crippen molar-refractivity contribution in [3.05, 3.63) is 65.5 Å². The lowest BCUT2D eigenvalue weighted by molar-refractivity contribution is -0.115. The molecular weight excluding hydrogens is 368 g/mol. The zero-order chi connectivity index (χ0) is 20.4. The number of carbonyl (C=O) groups is 2. The summed E-state index contributed by atoms with van der Waals surface area (Å²) in [6.07, 6.45) is 2.06. The van der Waals surface area contributed by atoms with E-state index in [0.29, 0.717) is 28.6 Å². The minimum absolute atomic E-state index is 0.105. The number of hydrogen-bond donors (Lipinski definition) is 1. The van der Waals surface area contributed by atoms with Crippen LogP contribution < -0.4 is 10.1 Å². The number of ketones is 1. The first-order chi connectivity index (χ1) is 14.0. The summed E-state index contributed by atoms with van der Waals surface area (Å²) in [7, 11) is 1.61. The Labute approximate surface area is 168 Å². The zero-order valence-electron chi connectivity index (χ0n) is 16.4. The first-order valence-electron chi connectivity index (χ1n) is 9.58. The van der Waals surface area contributed by atoms with Crippen molar-refractivity contribution < 1.29 is 18.7 Å². The van der Waals surface area contributed by atoms with Crippen LogP contribution in [0.1, 0.15) is 34.7 Å². The van der Waals surface area contributed by atoms with Gasteiger partial charge < -0.3 is 14.5 Å². The Bertz CT molecular complexity index is 1030. The standard InChI is InChI=1S/C23H22N2O4/c1-14-20(25-23(29-14)17-7-11-19(28-2)12-8-17)13-21(26)24-18-9-5-16(6-10-18)22(27)15-3-4-15/h5-12,15H,3-4,13H2,1-2H3,(H,24,26). The van der Waals surface area contributed by atoms with Gasteiger partial charge in [-0.3, -0.25) is 9.59 Å². The average Bonchev–Trinajstić information content (AvgIpc) is 3.52. The van der Waals surface area contributed by atoms with Crippen molar-refractivity contribution in [2.75, 3.05) is 12.4 Å². The van der Waals surface area contributed by atoms with E-state index in [1.807, 2.05) is 24.3 Å². The predicted molar refractivity (Wildman–Crippen MR) is 109 cm³/mol. The highest BCUT2D eigenvalue weighted by Crippen LogP contribution is 2.32. The van der Waals surface area contributed by atoms with E-state index < -0.39 is 0 Å². The Morgan fingerprint density at radius 1 is 1.10 bits per heavy atom. The lowest BCUT2D eigenvalue weighted by Gasteiger charge is -2.05. The number of Topliss-reactive ketones (excluding diaryl/α,β-unsaturated/α-hetero) is 1. The third-order valence-electron chi connectivity index (χ3n) is 4.96. The number of rotatable bonds is 7. The van der Waals surface area contributed by atoms with Gasteiger partial charge in [-0.2, -0.15) is 0 Å². The van der Waals surface area contributed by atoms with Crippen LogP contribution in [0.15, 0.2) is 52.9 Å². The molecule has 3 aromatic rings. The molecule has 6 heteroatoms. The number of nitrogens with one attached hydrogen (secondary N) is 1. The molecule has 1 amide bonds. The molecule has 0 bridgehead atoms. The minimum atomic E-state index is -0.191. The van der Waals surface area contributed by atoms with E-state index in [0.717, 1.165) is 24.2 Å². The topological polar surface area (TPSA) is 81.4 Å². The molecule has 6 nitrogen and oxygen atoms in total. The first kappa shape index (κ1) is 18.9. The van der Waals surface area contributed by atoms with Crippen molar-refractivity contribution in [3.63, 3.8) is 0 Å². The van der Waals surface area contributed by atoms with Gasteiger partial charge in [-0.25, -0.2) is 4.98 Å². The van der Waals surface area contributed by atoms with Crippen molar-refractivity contribution in [1.82, 2.24) is 4.98 Å². The SMILES string of the molecule is COc1ccc(-c2nc(CC(=O)Nc3ccc(C(=O)C4CC4)cc3)c(C)o2)cc1. The molecule has 0 radical (unpaired) electrons. The van der Waals surface area contributed by atoms with Crippen LogP contribution in [0.25, 0.3) is 11.5 Å². The van der Waals surface area contributed by atoms with Crippen molar-refractivity contribution in [2.45, 2.75) is 26.2 Å². The Morgan fingerprint density at radius 2 is 1.79 bits per heavy atom. The van der Waals surface area contributed by atoms with Crippen molar-refractivity contribution in [1.29, 1.82) is 0 Å². The third-order valence-corrected chi connectivity index (χ3v) is 4.96. The second-order valence-electron chi connectivity index (χ2n) is 7.19. The van der Waals surface area contributed by atoms with Crippen LogP contribution in [0.4, 0.5) is 5.69 Å². The van der Waals surface area contributed by atoms with Gasteiger partial charge in [0, 0.05) is 22.7 Å². The fourth-order valence-electron chi connectivity index (χ4n) is 3.11. The van der Waals surface area contributed by atoms with Crippen LogP contribution in [0.5, 0.6) is 5.75 Å². The van der Waals surface area contributed by atoms with Gasteiger partial charge in [0.2, 0.25) is 11.8 Å². The van der Waals surface area contributed by atoms with Gasteiger partial charge in [-0.1, -0.05) is 0 Å². The number of hydrogen-bond acceptors (Lipinski definition) is 5. The summed E-state index contributed by atoms with van der Waals surface area (Å²) in [5, 5.41) is 2.84. The maximum absolute atomic E-state index is 12.4. The van der Waals surface area contributed by atoms with E-state index in [9.17, 15) is 9.59 Å². The van der Waals surface area contributed by atoms with Crippen LogP contribution in [-0.2, 0) is 11.2 Å².